The summed E-state index contributed by atoms with van der Waals surface area (Å²) in [6.07, 6.45) is 2.12. The van der Waals surface area contributed by atoms with E-state index >= 15 is 0 Å². The molecule has 0 aromatic carbocycles. The third kappa shape index (κ3) is 7.03. The van der Waals surface area contributed by atoms with E-state index in [0.717, 1.165) is 39.6 Å². The predicted molar refractivity (Wildman–Crippen MR) is 52.4 cm³/mol. The SMILES string of the molecule is C1COCCO1.C=CCOCC1CO1. The highest BCUT2D eigenvalue weighted by molar-refractivity contribution is 4.70. The molecular formula is C10H18O4. The Balaban J connectivity index is 0.000000146. The number of rotatable bonds is 4. The maximum Gasteiger partial charge on any atom is 0.104 e. The van der Waals surface area contributed by atoms with Gasteiger partial charge in [-0.1, -0.05) is 6.08 Å². The van der Waals surface area contributed by atoms with Gasteiger partial charge in [-0.25, -0.2) is 0 Å². The quantitative estimate of drug-likeness (QED) is 0.381. The number of ether oxygens (including phenoxy) is 4. The molecule has 4 nitrogen and oxygen atoms in total. The van der Waals surface area contributed by atoms with E-state index in [1.807, 2.05) is 0 Å². The second-order valence-electron chi connectivity index (χ2n) is 3.01. The van der Waals surface area contributed by atoms with Crippen LogP contribution in [0.25, 0.3) is 0 Å². The maximum absolute atomic E-state index is 5.06. The first-order valence-electron chi connectivity index (χ1n) is 4.89. The Labute approximate surface area is 84.8 Å². The molecule has 1 unspecified atom stereocenters. The van der Waals surface area contributed by atoms with Gasteiger partial charge in [0.05, 0.1) is 46.2 Å². The van der Waals surface area contributed by atoms with Gasteiger partial charge >= 0.3 is 0 Å². The predicted octanol–water partition coefficient (Wildman–Crippen LogP) is 0.621. The molecule has 0 saturated carbocycles. The number of epoxide rings is 1. The van der Waals surface area contributed by atoms with E-state index in [1.165, 1.54) is 0 Å². The topological polar surface area (TPSA) is 40.2 Å². The summed E-state index contributed by atoms with van der Waals surface area (Å²) in [5.41, 5.74) is 0. The highest BCUT2D eigenvalue weighted by Crippen LogP contribution is 2.07. The Morgan fingerprint density at radius 2 is 1.79 bits per heavy atom. The zero-order valence-electron chi connectivity index (χ0n) is 8.44. The van der Waals surface area contributed by atoms with Crippen LogP contribution >= 0.6 is 0 Å². The molecule has 2 saturated heterocycles. The van der Waals surface area contributed by atoms with Crippen LogP contribution in [0.4, 0.5) is 0 Å². The van der Waals surface area contributed by atoms with E-state index in [4.69, 9.17) is 18.9 Å². The van der Waals surface area contributed by atoms with Gasteiger partial charge in [0.15, 0.2) is 0 Å². The molecule has 0 amide bonds. The molecule has 2 rings (SSSR count). The molecular weight excluding hydrogens is 184 g/mol. The molecule has 2 aliphatic heterocycles. The van der Waals surface area contributed by atoms with Gasteiger partial charge in [-0.15, -0.1) is 6.58 Å². The summed E-state index contributed by atoms with van der Waals surface area (Å²) < 4.78 is 19.8. The van der Waals surface area contributed by atoms with Crippen LogP contribution in [0.2, 0.25) is 0 Å². The van der Waals surface area contributed by atoms with Crippen molar-refractivity contribution in [3.8, 4) is 0 Å². The Kier molecular flexibility index (Phi) is 6.61. The fraction of sp³-hybridized carbons (Fsp3) is 0.800. The zero-order chi connectivity index (χ0) is 10.1. The first-order chi connectivity index (χ1) is 6.93. The standard InChI is InChI=1S/C6H10O2.C4H8O2/c1-2-3-7-4-6-5-8-6;1-2-6-4-3-5-1/h2,6H,1,3-5H2;1-4H2. The Morgan fingerprint density at radius 1 is 1.21 bits per heavy atom. The van der Waals surface area contributed by atoms with Crippen LogP contribution in [0, 0.1) is 0 Å². The van der Waals surface area contributed by atoms with E-state index in [-0.39, 0.29) is 0 Å². The normalized spacial score (nSPS) is 24.7. The molecule has 0 spiro atoms. The lowest BCUT2D eigenvalue weighted by atomic mass is 10.5. The highest BCUT2D eigenvalue weighted by Gasteiger charge is 2.21. The second-order valence-corrected chi connectivity index (χ2v) is 3.01. The lowest BCUT2D eigenvalue weighted by molar-refractivity contribution is -0.0334. The van der Waals surface area contributed by atoms with Gasteiger partial charge in [0.2, 0.25) is 0 Å². The van der Waals surface area contributed by atoms with Gasteiger partial charge in [0.1, 0.15) is 6.10 Å². The summed E-state index contributed by atoms with van der Waals surface area (Å²) in [6, 6.07) is 0. The largest absolute Gasteiger partial charge is 0.377 e. The van der Waals surface area contributed by atoms with Crippen LogP contribution in [0.5, 0.6) is 0 Å². The summed E-state index contributed by atoms with van der Waals surface area (Å²) in [5, 5.41) is 0. The monoisotopic (exact) mass is 202 g/mol. The summed E-state index contributed by atoms with van der Waals surface area (Å²) in [4.78, 5) is 0. The molecule has 4 heteroatoms. The van der Waals surface area contributed by atoms with Gasteiger partial charge in [-0.3, -0.25) is 0 Å². The maximum atomic E-state index is 5.06. The Bertz CT molecular complexity index is 130. The number of hydrogen-bond donors (Lipinski definition) is 0. The molecule has 0 bridgehead atoms. The van der Waals surface area contributed by atoms with Crippen LogP contribution in [0.15, 0.2) is 12.7 Å². The van der Waals surface area contributed by atoms with Crippen molar-refractivity contribution < 1.29 is 18.9 Å². The van der Waals surface area contributed by atoms with Gasteiger partial charge in [-0.05, 0) is 0 Å². The molecule has 0 N–H and O–H groups in total. The molecule has 0 aromatic heterocycles. The smallest absolute Gasteiger partial charge is 0.104 e. The van der Waals surface area contributed by atoms with Crippen LogP contribution < -0.4 is 0 Å². The minimum absolute atomic E-state index is 0.384. The highest BCUT2D eigenvalue weighted by atomic mass is 16.6. The van der Waals surface area contributed by atoms with Gasteiger partial charge in [0, 0.05) is 0 Å². The molecule has 2 fully saturated rings. The average Bonchev–Trinajstić information content (AvgIpc) is 3.06. The first kappa shape index (κ1) is 11.7. The van der Waals surface area contributed by atoms with Gasteiger partial charge in [0.25, 0.3) is 0 Å². The Morgan fingerprint density at radius 3 is 2.14 bits per heavy atom. The molecule has 2 aliphatic rings. The third-order valence-corrected chi connectivity index (χ3v) is 1.69. The van der Waals surface area contributed by atoms with Crippen LogP contribution in [0.1, 0.15) is 0 Å². The van der Waals surface area contributed by atoms with Gasteiger partial charge < -0.3 is 18.9 Å². The first-order valence-corrected chi connectivity index (χ1v) is 4.89. The van der Waals surface area contributed by atoms with Crippen LogP contribution in [-0.2, 0) is 18.9 Å². The summed E-state index contributed by atoms with van der Waals surface area (Å²) >= 11 is 0. The van der Waals surface area contributed by atoms with Crippen molar-refractivity contribution in [1.82, 2.24) is 0 Å². The molecule has 1 atom stereocenters. The second kappa shape index (κ2) is 7.94. The van der Waals surface area contributed by atoms with E-state index in [0.29, 0.717) is 12.7 Å². The van der Waals surface area contributed by atoms with Crippen molar-refractivity contribution in [3.63, 3.8) is 0 Å². The van der Waals surface area contributed by atoms with Crippen molar-refractivity contribution in [2.45, 2.75) is 6.10 Å². The van der Waals surface area contributed by atoms with E-state index in [2.05, 4.69) is 6.58 Å². The minimum atomic E-state index is 0.384. The van der Waals surface area contributed by atoms with Gasteiger partial charge in [-0.2, -0.15) is 0 Å². The minimum Gasteiger partial charge on any atom is -0.377 e. The summed E-state index contributed by atoms with van der Waals surface area (Å²) in [6.45, 7) is 8.86. The lowest BCUT2D eigenvalue weighted by Gasteiger charge is -2.09. The molecule has 0 aliphatic carbocycles. The Hall–Kier alpha value is -0.420. The van der Waals surface area contributed by atoms with Crippen LogP contribution in [-0.4, -0.2) is 52.4 Å². The summed E-state index contributed by atoms with van der Waals surface area (Å²) in [7, 11) is 0. The summed E-state index contributed by atoms with van der Waals surface area (Å²) in [5.74, 6) is 0. The van der Waals surface area contributed by atoms with E-state index in [9.17, 15) is 0 Å². The fourth-order valence-corrected chi connectivity index (χ4v) is 0.887. The zero-order valence-corrected chi connectivity index (χ0v) is 8.44. The molecule has 2 heterocycles. The fourth-order valence-electron chi connectivity index (χ4n) is 0.887. The average molecular weight is 202 g/mol. The van der Waals surface area contributed by atoms with Crippen LogP contribution in [0.3, 0.4) is 0 Å². The molecule has 0 radical (unpaired) electrons. The van der Waals surface area contributed by atoms with E-state index in [1.54, 1.807) is 6.08 Å². The van der Waals surface area contributed by atoms with E-state index < -0.39 is 0 Å². The third-order valence-electron chi connectivity index (χ3n) is 1.69. The lowest BCUT2D eigenvalue weighted by Crippen LogP contribution is -2.16. The van der Waals surface area contributed by atoms with Crippen molar-refractivity contribution in [3.05, 3.63) is 12.7 Å². The number of hydrogen-bond acceptors (Lipinski definition) is 4. The molecule has 0 aromatic rings. The van der Waals surface area contributed by atoms with Crippen molar-refractivity contribution in [2.75, 3.05) is 46.2 Å². The molecule has 82 valence electrons. The molecule has 14 heavy (non-hydrogen) atoms. The van der Waals surface area contributed by atoms with Crippen molar-refractivity contribution in [1.29, 1.82) is 0 Å². The van der Waals surface area contributed by atoms with Crippen molar-refractivity contribution in [2.24, 2.45) is 0 Å². The van der Waals surface area contributed by atoms with Crippen molar-refractivity contribution >= 4 is 0 Å².